The first-order valence-electron chi connectivity index (χ1n) is 8.16. The molecular weight excluding hydrogens is 296 g/mol. The molecule has 0 spiro atoms. The lowest BCUT2D eigenvalue weighted by atomic mass is 9.71. The second kappa shape index (κ2) is 5.08. The maximum absolute atomic E-state index is 12.4. The number of nitrogens with one attached hydrogen (secondary N) is 1. The molecule has 0 aliphatic heterocycles. The summed E-state index contributed by atoms with van der Waals surface area (Å²) in [6, 6.07) is 6.89. The summed E-state index contributed by atoms with van der Waals surface area (Å²) in [5.41, 5.74) is 2.14. The van der Waals surface area contributed by atoms with E-state index in [0.717, 1.165) is 35.4 Å². The van der Waals surface area contributed by atoms with Crippen molar-refractivity contribution in [1.29, 1.82) is 0 Å². The molecule has 0 amide bonds. The highest BCUT2D eigenvalue weighted by molar-refractivity contribution is 7.89. The molecule has 22 heavy (non-hydrogen) atoms. The highest BCUT2D eigenvalue weighted by Crippen LogP contribution is 2.53. The van der Waals surface area contributed by atoms with Crippen molar-refractivity contribution in [2.75, 3.05) is 0 Å². The molecule has 4 rings (SSSR count). The third-order valence-electron chi connectivity index (χ3n) is 5.66. The number of rotatable bonds is 3. The molecule has 0 aromatic heterocycles. The van der Waals surface area contributed by atoms with E-state index < -0.39 is 10.0 Å². The van der Waals surface area contributed by atoms with Crippen LogP contribution in [0.3, 0.4) is 0 Å². The largest absolute Gasteiger partial charge is 0.276 e. The van der Waals surface area contributed by atoms with Gasteiger partial charge in [0.15, 0.2) is 0 Å². The van der Waals surface area contributed by atoms with E-state index >= 15 is 0 Å². The lowest BCUT2D eigenvalue weighted by Crippen LogP contribution is -2.32. The van der Waals surface area contributed by atoms with Gasteiger partial charge >= 0.3 is 0 Å². The number of benzene rings is 1. The van der Waals surface area contributed by atoms with Crippen LogP contribution in [-0.4, -0.2) is 14.1 Å². The Kier molecular flexibility index (Phi) is 3.29. The fourth-order valence-corrected chi connectivity index (χ4v) is 5.57. The van der Waals surface area contributed by atoms with Gasteiger partial charge in [-0.05, 0) is 68.9 Å². The third-order valence-corrected chi connectivity index (χ3v) is 6.89. The van der Waals surface area contributed by atoms with E-state index in [-0.39, 0.29) is 4.90 Å². The molecule has 118 valence electrons. The van der Waals surface area contributed by atoms with Crippen molar-refractivity contribution in [3.63, 3.8) is 0 Å². The zero-order chi connectivity index (χ0) is 15.3. The minimum Gasteiger partial charge on any atom is -0.200 e. The first-order valence-corrected chi connectivity index (χ1v) is 9.64. The summed E-state index contributed by atoms with van der Waals surface area (Å²) in [7, 11) is -3.55. The van der Waals surface area contributed by atoms with Gasteiger partial charge in [0.05, 0.1) is 4.90 Å². The Hall–Kier alpha value is -1.36. The predicted octanol–water partition coefficient (Wildman–Crippen LogP) is 3.09. The number of hydrogen-bond donors (Lipinski definition) is 1. The van der Waals surface area contributed by atoms with Gasteiger partial charge in [0.1, 0.15) is 0 Å². The van der Waals surface area contributed by atoms with Crippen LogP contribution in [0, 0.1) is 30.6 Å². The molecule has 3 aliphatic rings. The number of nitrogens with zero attached hydrogens (tertiary/aromatic N) is 1. The molecule has 0 radical (unpaired) electrons. The van der Waals surface area contributed by atoms with Crippen molar-refractivity contribution in [3.05, 3.63) is 29.8 Å². The van der Waals surface area contributed by atoms with Crippen LogP contribution < -0.4 is 4.83 Å². The van der Waals surface area contributed by atoms with Gasteiger partial charge in [0.2, 0.25) is 0 Å². The van der Waals surface area contributed by atoms with Crippen LogP contribution in [0.4, 0.5) is 0 Å². The molecule has 4 atom stereocenters. The molecule has 3 aliphatic carbocycles. The van der Waals surface area contributed by atoms with Gasteiger partial charge < -0.3 is 0 Å². The Morgan fingerprint density at radius 2 is 1.77 bits per heavy atom. The van der Waals surface area contributed by atoms with Crippen LogP contribution in [0.1, 0.15) is 37.7 Å². The minimum atomic E-state index is -3.55. The Morgan fingerprint density at radius 1 is 1.05 bits per heavy atom. The van der Waals surface area contributed by atoms with Crippen molar-refractivity contribution in [2.24, 2.45) is 28.8 Å². The maximum atomic E-state index is 12.4. The molecule has 3 fully saturated rings. The second-order valence-corrected chi connectivity index (χ2v) is 8.92. The summed E-state index contributed by atoms with van der Waals surface area (Å²) in [6.45, 7) is 1.94. The fraction of sp³-hybridized carbons (Fsp3) is 0.588. The number of fused-ring (bicyclic) bond motifs is 2. The Labute approximate surface area is 132 Å². The van der Waals surface area contributed by atoms with Crippen LogP contribution in [0.5, 0.6) is 0 Å². The molecule has 1 aromatic carbocycles. The molecular formula is C17H22N2O2S. The topological polar surface area (TPSA) is 58.5 Å². The highest BCUT2D eigenvalue weighted by atomic mass is 32.2. The van der Waals surface area contributed by atoms with Crippen molar-refractivity contribution >= 4 is 15.7 Å². The minimum absolute atomic E-state index is 0.283. The number of hydrogen-bond acceptors (Lipinski definition) is 3. The van der Waals surface area contributed by atoms with E-state index in [1.54, 1.807) is 12.1 Å². The molecule has 3 saturated carbocycles. The molecule has 1 aromatic rings. The molecule has 1 N–H and O–H groups in total. The smallest absolute Gasteiger partial charge is 0.200 e. The normalized spacial score (nSPS) is 35.0. The first kappa shape index (κ1) is 14.2. The number of hydrazone groups is 1. The maximum Gasteiger partial charge on any atom is 0.276 e. The van der Waals surface area contributed by atoms with E-state index in [2.05, 4.69) is 9.93 Å². The zero-order valence-corrected chi connectivity index (χ0v) is 13.6. The van der Waals surface area contributed by atoms with Crippen LogP contribution in [0.2, 0.25) is 0 Å². The zero-order valence-electron chi connectivity index (χ0n) is 12.8. The SMILES string of the molecule is Cc1ccc(S(=O)(=O)N/N=C2/C[C@@H]3C[C@H]4C[C@@H](C3)[C@@H]2C4)cc1. The second-order valence-electron chi connectivity index (χ2n) is 7.26. The van der Waals surface area contributed by atoms with Gasteiger partial charge in [-0.15, -0.1) is 0 Å². The fourth-order valence-electron chi connectivity index (χ4n) is 4.73. The molecule has 0 heterocycles. The number of aryl methyl sites for hydroxylation is 1. The van der Waals surface area contributed by atoms with Gasteiger partial charge in [0.25, 0.3) is 10.0 Å². The van der Waals surface area contributed by atoms with Gasteiger partial charge in [-0.1, -0.05) is 17.7 Å². The summed E-state index contributed by atoms with van der Waals surface area (Å²) in [4.78, 5) is 2.76. The molecule has 4 nitrogen and oxygen atoms in total. The van der Waals surface area contributed by atoms with E-state index in [9.17, 15) is 8.42 Å². The van der Waals surface area contributed by atoms with Gasteiger partial charge in [-0.25, -0.2) is 4.83 Å². The standard InChI is InChI=1S/C17H22N2O2S/c1-11-2-4-15(5-3-11)22(20,21)19-18-17-10-13-6-12-7-14(8-13)16(17)9-12/h2-5,12-14,16,19H,6-10H2,1H3/b18-17-/t12-,13+,14-,16-/m0/s1. The van der Waals surface area contributed by atoms with Crippen molar-refractivity contribution in [1.82, 2.24) is 4.83 Å². The third kappa shape index (κ3) is 2.45. The van der Waals surface area contributed by atoms with Crippen LogP contribution in [0.25, 0.3) is 0 Å². The van der Waals surface area contributed by atoms with Crippen molar-refractivity contribution < 1.29 is 8.42 Å². The summed E-state index contributed by atoms with van der Waals surface area (Å²) in [5, 5.41) is 4.35. The van der Waals surface area contributed by atoms with Crippen molar-refractivity contribution in [3.8, 4) is 0 Å². The lowest BCUT2D eigenvalue weighted by molar-refractivity contribution is 0.242. The van der Waals surface area contributed by atoms with E-state index in [1.165, 1.54) is 25.7 Å². The first-order chi connectivity index (χ1) is 10.5. The van der Waals surface area contributed by atoms with Crippen LogP contribution in [-0.2, 0) is 10.0 Å². The van der Waals surface area contributed by atoms with Gasteiger partial charge in [-0.3, -0.25) is 0 Å². The molecule has 0 unspecified atom stereocenters. The Balaban J connectivity index is 1.55. The van der Waals surface area contributed by atoms with Crippen molar-refractivity contribution in [2.45, 2.75) is 43.9 Å². The van der Waals surface area contributed by atoms with Gasteiger partial charge in [-0.2, -0.15) is 13.5 Å². The summed E-state index contributed by atoms with van der Waals surface area (Å²) in [5.74, 6) is 2.85. The van der Waals surface area contributed by atoms with E-state index in [4.69, 9.17) is 0 Å². The quantitative estimate of drug-likeness (QED) is 0.871. The van der Waals surface area contributed by atoms with E-state index in [0.29, 0.717) is 5.92 Å². The Morgan fingerprint density at radius 3 is 2.55 bits per heavy atom. The monoisotopic (exact) mass is 318 g/mol. The Bertz CT molecular complexity index is 707. The predicted molar refractivity (Wildman–Crippen MR) is 86.0 cm³/mol. The van der Waals surface area contributed by atoms with Gasteiger partial charge in [0, 0.05) is 11.6 Å². The number of sulfonamides is 1. The average molecular weight is 318 g/mol. The molecule has 0 saturated heterocycles. The molecule has 5 heteroatoms. The van der Waals surface area contributed by atoms with E-state index in [1.807, 2.05) is 19.1 Å². The summed E-state index contributed by atoms with van der Waals surface area (Å²) in [6.07, 6.45) is 6.16. The lowest BCUT2D eigenvalue weighted by Gasteiger charge is -2.34. The summed E-state index contributed by atoms with van der Waals surface area (Å²) >= 11 is 0. The van der Waals surface area contributed by atoms with Crippen LogP contribution in [0.15, 0.2) is 34.3 Å². The average Bonchev–Trinajstić information content (AvgIpc) is 2.70. The van der Waals surface area contributed by atoms with Crippen LogP contribution >= 0.6 is 0 Å². The molecule has 3 bridgehead atoms. The summed E-state index contributed by atoms with van der Waals surface area (Å²) < 4.78 is 24.7. The highest BCUT2D eigenvalue weighted by Gasteiger charge is 2.47.